The Hall–Kier alpha value is -7.73. The first kappa shape index (κ1) is 58.5. The number of anilines is 2. The van der Waals surface area contributed by atoms with Gasteiger partial charge in [0.1, 0.15) is 41.5 Å². The zero-order valence-corrected chi connectivity index (χ0v) is 47.2. The molecular weight excluding hydrogens is 1080 g/mol. The minimum absolute atomic E-state index is 0. The quantitative estimate of drug-likeness (QED) is 0.121. The molecule has 20 nitrogen and oxygen atoms in total. The number of imidazole rings is 2. The summed E-state index contributed by atoms with van der Waals surface area (Å²) in [6.45, 7) is 17.4. The third kappa shape index (κ3) is 13.5. The predicted octanol–water partition coefficient (Wildman–Crippen LogP) is 9.51. The summed E-state index contributed by atoms with van der Waals surface area (Å²) in [5, 5.41) is 19.8. The molecule has 0 radical (unpaired) electrons. The van der Waals surface area contributed by atoms with Crippen molar-refractivity contribution < 1.29 is 37.7 Å². The van der Waals surface area contributed by atoms with Crippen molar-refractivity contribution in [2.24, 2.45) is 0 Å². The highest BCUT2D eigenvalue weighted by Crippen LogP contribution is 2.37. The van der Waals surface area contributed by atoms with Crippen molar-refractivity contribution >= 4 is 58.0 Å². The first-order chi connectivity index (χ1) is 39.9. The summed E-state index contributed by atoms with van der Waals surface area (Å²) in [4.78, 5) is 38.2. The van der Waals surface area contributed by atoms with Crippen LogP contribution in [-0.2, 0) is 28.3 Å². The van der Waals surface area contributed by atoms with Gasteiger partial charge in [-0.2, -0.15) is 10.5 Å². The number of H-pyrrole nitrogens is 2. The molecule has 0 bridgehead atoms. The highest BCUT2D eigenvalue weighted by molar-refractivity contribution is 6.61. The fourth-order valence-corrected chi connectivity index (χ4v) is 10.2. The zero-order valence-electron chi connectivity index (χ0n) is 46.4. The number of pyridine rings is 4. The van der Waals surface area contributed by atoms with Crippen molar-refractivity contribution in [2.75, 3.05) is 88.8 Å². The van der Waals surface area contributed by atoms with Crippen molar-refractivity contribution in [1.82, 2.24) is 39.9 Å². The minimum Gasteiger partial charge on any atom is -0.487 e. The number of nitriles is 2. The fourth-order valence-electron chi connectivity index (χ4n) is 10.0. The number of rotatable bonds is 10. The number of halogens is 1. The first-order valence-electron chi connectivity index (χ1n) is 27.8. The van der Waals surface area contributed by atoms with Crippen LogP contribution in [-0.4, -0.2) is 149 Å². The molecule has 5 fully saturated rings. The Bertz CT molecular complexity index is 3550. The lowest BCUT2D eigenvalue weighted by molar-refractivity contribution is 0.00578. The molecule has 8 aromatic rings. The first-order valence-corrected chi connectivity index (χ1v) is 28.2. The van der Waals surface area contributed by atoms with Crippen molar-refractivity contribution in [2.45, 2.75) is 84.2 Å². The highest BCUT2D eigenvalue weighted by atomic mass is 35.5. The van der Waals surface area contributed by atoms with Gasteiger partial charge in [-0.25, -0.2) is 29.9 Å². The maximum absolute atomic E-state index is 9.74. The second-order valence-corrected chi connectivity index (χ2v) is 21.7. The predicted molar refractivity (Wildman–Crippen MR) is 318 cm³/mol. The zero-order chi connectivity index (χ0) is 56.6. The lowest BCUT2D eigenvalue weighted by atomic mass is 9.84. The number of aromatic amines is 2. The van der Waals surface area contributed by atoms with E-state index in [0.29, 0.717) is 65.5 Å². The number of hydrogen-bond donors (Lipinski definition) is 2. The van der Waals surface area contributed by atoms with E-state index in [-0.39, 0.29) is 31.0 Å². The van der Waals surface area contributed by atoms with E-state index in [1.165, 1.54) is 11.4 Å². The molecule has 0 spiro atoms. The largest absolute Gasteiger partial charge is 0.514 e. The summed E-state index contributed by atoms with van der Waals surface area (Å²) in [7, 11) is -0.584. The maximum atomic E-state index is 9.74. The van der Waals surface area contributed by atoms with Gasteiger partial charge in [-0.15, -0.1) is 0 Å². The number of benzene rings is 2. The number of hydrogen-bond acceptors (Lipinski definition) is 18. The molecule has 13 rings (SSSR count). The van der Waals surface area contributed by atoms with Gasteiger partial charge in [0.25, 0.3) is 0 Å². The average Bonchev–Trinajstić information content (AvgIpc) is 4.44. The summed E-state index contributed by atoms with van der Waals surface area (Å²) in [6.07, 6.45) is 6.74. The summed E-state index contributed by atoms with van der Waals surface area (Å²) < 4.78 is 45.5. The molecule has 22 heteroatoms. The molecule has 0 saturated carbocycles. The van der Waals surface area contributed by atoms with Crippen molar-refractivity contribution in [3.8, 4) is 57.7 Å². The third-order valence-corrected chi connectivity index (χ3v) is 15.7. The van der Waals surface area contributed by atoms with Gasteiger partial charge in [-0.05, 0) is 113 Å². The van der Waals surface area contributed by atoms with Crippen LogP contribution in [0, 0.1) is 22.7 Å². The van der Waals surface area contributed by atoms with E-state index < -0.39 is 18.3 Å². The third-order valence-electron chi connectivity index (χ3n) is 15.4. The van der Waals surface area contributed by atoms with Crippen molar-refractivity contribution in [1.29, 1.82) is 10.5 Å². The van der Waals surface area contributed by atoms with Crippen molar-refractivity contribution in [3.63, 3.8) is 0 Å². The van der Waals surface area contributed by atoms with Gasteiger partial charge >= 0.3 is 7.12 Å². The van der Waals surface area contributed by atoms with Gasteiger partial charge < -0.3 is 57.5 Å². The number of aromatic nitrogens is 8. The van der Waals surface area contributed by atoms with E-state index in [0.717, 1.165) is 118 Å². The normalized spacial score (nSPS) is 18.0. The Labute approximate surface area is 488 Å². The van der Waals surface area contributed by atoms with Crippen LogP contribution in [0.5, 0.6) is 11.5 Å². The van der Waals surface area contributed by atoms with E-state index in [1.54, 1.807) is 30.6 Å². The molecule has 0 unspecified atom stereocenters. The van der Waals surface area contributed by atoms with Gasteiger partial charge in [0.15, 0.2) is 34.2 Å². The Morgan fingerprint density at radius 1 is 0.554 bits per heavy atom. The van der Waals surface area contributed by atoms with Crippen LogP contribution in [0.25, 0.3) is 56.4 Å². The van der Waals surface area contributed by atoms with E-state index in [2.05, 4.69) is 105 Å². The van der Waals surface area contributed by atoms with E-state index in [4.69, 9.17) is 54.3 Å². The van der Waals surface area contributed by atoms with Crippen LogP contribution < -0.4 is 24.9 Å². The molecule has 430 valence electrons. The Balaban J connectivity index is 0.000000144. The molecule has 5 saturated heterocycles. The molecule has 83 heavy (non-hydrogen) atoms. The van der Waals surface area contributed by atoms with E-state index in [9.17, 15) is 10.5 Å². The van der Waals surface area contributed by atoms with Gasteiger partial charge in [0.05, 0.1) is 85.9 Å². The van der Waals surface area contributed by atoms with Gasteiger partial charge in [0, 0.05) is 92.3 Å². The number of nitrogens with zero attached hydrogens (tertiary/aromatic N) is 10. The maximum Gasteiger partial charge on any atom is 0.514 e. The summed E-state index contributed by atoms with van der Waals surface area (Å²) >= 11 is 6.15. The lowest BCUT2D eigenvalue weighted by Crippen LogP contribution is -2.41. The second kappa shape index (κ2) is 26.2. The van der Waals surface area contributed by atoms with Crippen LogP contribution in [0.15, 0.2) is 97.3 Å². The standard InChI is InChI=1S/C27H26N6O3.C17H23BN2O4.C16H15ClN4O.CH4/c28-17-23-24(36-20-8-13-34-14-9-20)6-5-22(30-23)21-7-10-29-27-25(21)31-26(32-27)18-1-3-19(4-2-18)33-11-15-35-16-12-33;1-16(2)17(3,4)24-18(23-16)15-6-5-14(13(11-19)20-15)22-12-7-9-21-10-8-12;17-13-5-6-18-16-14(13)19-15(20-16)11-1-3-12(4-2-11)21-7-9-22-10-8-21;/h1-7,10,20H,8-9,11-16H2,(H,29,31,32);5-6,12H,7-10H2,1-4H3;1-6H,7-10H2,(H,18,19,20);1H4. The lowest BCUT2D eigenvalue weighted by Gasteiger charge is -2.32. The van der Waals surface area contributed by atoms with Crippen LogP contribution in [0.4, 0.5) is 11.4 Å². The minimum atomic E-state index is -0.584. The fraction of sp³-hybridized carbons (Fsp3) is 0.410. The molecule has 6 aromatic heterocycles. The summed E-state index contributed by atoms with van der Waals surface area (Å²) in [5.41, 5.74) is 8.89. The highest BCUT2D eigenvalue weighted by Gasteiger charge is 2.52. The Morgan fingerprint density at radius 2 is 1.00 bits per heavy atom. The number of ether oxygens (including phenoxy) is 6. The van der Waals surface area contributed by atoms with E-state index in [1.807, 2.05) is 45.9 Å². The van der Waals surface area contributed by atoms with Crippen LogP contribution in [0.1, 0.15) is 72.2 Å². The molecule has 0 amide bonds. The number of fused-ring (bicyclic) bond motifs is 2. The topological polar surface area (TPSA) is 237 Å². The molecule has 11 heterocycles. The molecule has 2 aromatic carbocycles. The molecule has 5 aliphatic heterocycles. The Kier molecular flexibility index (Phi) is 18.5. The summed E-state index contributed by atoms with van der Waals surface area (Å²) in [6, 6.07) is 31.9. The second-order valence-electron chi connectivity index (χ2n) is 21.3. The van der Waals surface area contributed by atoms with Gasteiger partial charge in [0.2, 0.25) is 0 Å². The molecular formula is C61H68BClN12O8. The molecule has 0 atom stereocenters. The molecule has 0 aliphatic carbocycles. The molecule has 2 N–H and O–H groups in total. The molecule has 5 aliphatic rings. The summed E-state index contributed by atoms with van der Waals surface area (Å²) in [5.74, 6) is 2.52. The number of morpholine rings is 2. The van der Waals surface area contributed by atoms with Crippen LogP contribution in [0.2, 0.25) is 5.02 Å². The SMILES string of the molecule is C.CC1(C)OB(c2ccc(OC3CCOCC3)c(C#N)n2)OC1(C)C.Clc1ccnc2nc(-c3ccc(N4CCOCC4)cc3)[nH]c12.N#Cc1nc(-c2ccnc3nc(-c4ccc(N5CCOCC5)cc4)[nH]c23)ccc1OC1CCOCC1. The van der Waals surface area contributed by atoms with Crippen LogP contribution >= 0.6 is 11.6 Å². The number of nitrogens with one attached hydrogen (secondary N) is 2. The van der Waals surface area contributed by atoms with Gasteiger partial charge in [-0.3, -0.25) is 0 Å². The van der Waals surface area contributed by atoms with Crippen molar-refractivity contribution in [3.05, 3.63) is 114 Å². The van der Waals surface area contributed by atoms with E-state index >= 15 is 0 Å². The van der Waals surface area contributed by atoms with Gasteiger partial charge in [-0.1, -0.05) is 19.0 Å². The smallest absolute Gasteiger partial charge is 0.487 e. The van der Waals surface area contributed by atoms with Crippen LogP contribution in [0.3, 0.4) is 0 Å². The monoisotopic (exact) mass is 1140 g/mol. The average molecular weight is 1140 g/mol. The Morgan fingerprint density at radius 3 is 1.49 bits per heavy atom.